The quantitative estimate of drug-likeness (QED) is 0.428. The summed E-state index contributed by atoms with van der Waals surface area (Å²) in [6.45, 7) is 5.40. The first kappa shape index (κ1) is 16.3. The van der Waals surface area contributed by atoms with Crippen molar-refractivity contribution in [1.29, 1.82) is 0 Å². The van der Waals surface area contributed by atoms with E-state index >= 15 is 0 Å². The minimum absolute atomic E-state index is 0.599. The van der Waals surface area contributed by atoms with Crippen molar-refractivity contribution in [3.63, 3.8) is 0 Å². The Kier molecular flexibility index (Phi) is 6.70. The molecule has 0 radical (unpaired) electrons. The standard InChI is InChI=1S/C16H21N3O2S/c1-3-5-9-21-14-7-6-13(11-15(14)20-4-2)12-18-19-16-17-8-10-22-16/h6-8,10-12H,3-5,9H2,1-2H3,(H,17,19)/b18-12-. The second-order valence-corrected chi connectivity index (χ2v) is 5.44. The van der Waals surface area contributed by atoms with E-state index in [1.807, 2.05) is 30.5 Å². The topological polar surface area (TPSA) is 55.7 Å². The van der Waals surface area contributed by atoms with Gasteiger partial charge in [-0.2, -0.15) is 5.10 Å². The number of nitrogens with zero attached hydrogens (tertiary/aromatic N) is 2. The van der Waals surface area contributed by atoms with Gasteiger partial charge in [0.2, 0.25) is 5.13 Å². The van der Waals surface area contributed by atoms with E-state index in [4.69, 9.17) is 9.47 Å². The van der Waals surface area contributed by atoms with E-state index in [1.165, 1.54) is 11.3 Å². The summed E-state index contributed by atoms with van der Waals surface area (Å²) in [6, 6.07) is 5.81. The predicted octanol–water partition coefficient (Wildman–Crippen LogP) is 4.17. The lowest BCUT2D eigenvalue weighted by Gasteiger charge is -2.12. The van der Waals surface area contributed by atoms with Gasteiger partial charge in [0.1, 0.15) is 0 Å². The molecule has 1 heterocycles. The molecule has 0 atom stereocenters. The van der Waals surface area contributed by atoms with Crippen LogP contribution in [0.15, 0.2) is 34.9 Å². The molecule has 1 aromatic heterocycles. The van der Waals surface area contributed by atoms with Crippen LogP contribution in [-0.4, -0.2) is 24.4 Å². The van der Waals surface area contributed by atoms with Crippen LogP contribution in [0, 0.1) is 0 Å². The monoisotopic (exact) mass is 319 g/mol. The number of anilines is 1. The molecule has 22 heavy (non-hydrogen) atoms. The van der Waals surface area contributed by atoms with Gasteiger partial charge in [-0.05, 0) is 37.1 Å². The van der Waals surface area contributed by atoms with Crippen molar-refractivity contribution in [3.05, 3.63) is 35.3 Å². The van der Waals surface area contributed by atoms with E-state index < -0.39 is 0 Å². The maximum absolute atomic E-state index is 5.76. The van der Waals surface area contributed by atoms with Crippen LogP contribution in [0.4, 0.5) is 5.13 Å². The van der Waals surface area contributed by atoms with E-state index in [0.29, 0.717) is 13.2 Å². The third kappa shape index (κ3) is 5.04. The maximum atomic E-state index is 5.76. The molecule has 1 N–H and O–H groups in total. The van der Waals surface area contributed by atoms with Crippen molar-refractivity contribution in [3.8, 4) is 11.5 Å². The summed E-state index contributed by atoms with van der Waals surface area (Å²) in [4.78, 5) is 4.10. The first-order valence-corrected chi connectivity index (χ1v) is 8.29. The molecule has 0 amide bonds. The molecule has 5 nitrogen and oxygen atoms in total. The molecule has 2 rings (SSSR count). The van der Waals surface area contributed by atoms with Gasteiger partial charge in [0, 0.05) is 11.6 Å². The highest BCUT2D eigenvalue weighted by Crippen LogP contribution is 2.28. The molecule has 6 heteroatoms. The Labute approximate surface area is 135 Å². The van der Waals surface area contributed by atoms with Crippen molar-refractivity contribution < 1.29 is 9.47 Å². The van der Waals surface area contributed by atoms with Crippen molar-refractivity contribution in [2.24, 2.45) is 5.10 Å². The predicted molar refractivity (Wildman–Crippen MR) is 91.3 cm³/mol. The molecule has 0 saturated heterocycles. The number of hydrogen-bond donors (Lipinski definition) is 1. The molecule has 2 aromatic rings. The highest BCUT2D eigenvalue weighted by molar-refractivity contribution is 7.13. The van der Waals surface area contributed by atoms with Crippen LogP contribution in [0.3, 0.4) is 0 Å². The number of benzene rings is 1. The number of unbranched alkanes of at least 4 members (excludes halogenated alkanes) is 1. The second kappa shape index (κ2) is 9.04. The molecular formula is C16H21N3O2S. The van der Waals surface area contributed by atoms with Gasteiger partial charge in [0.05, 0.1) is 19.4 Å². The molecule has 0 aliphatic carbocycles. The SMILES string of the molecule is CCCCOc1ccc(/C=N\Nc2nccs2)cc1OCC. The molecule has 0 aliphatic heterocycles. The van der Waals surface area contributed by atoms with E-state index in [0.717, 1.165) is 35.0 Å². The van der Waals surface area contributed by atoms with Crippen molar-refractivity contribution in [2.45, 2.75) is 26.7 Å². The van der Waals surface area contributed by atoms with Gasteiger partial charge in [-0.3, -0.25) is 5.43 Å². The summed E-state index contributed by atoms with van der Waals surface area (Å²) in [5.74, 6) is 1.53. The zero-order valence-electron chi connectivity index (χ0n) is 12.9. The number of ether oxygens (including phenoxy) is 2. The average molecular weight is 319 g/mol. The van der Waals surface area contributed by atoms with E-state index in [-0.39, 0.29) is 0 Å². The summed E-state index contributed by atoms with van der Waals surface area (Å²) in [6.07, 6.45) is 5.61. The summed E-state index contributed by atoms with van der Waals surface area (Å²) >= 11 is 1.50. The minimum atomic E-state index is 0.599. The highest BCUT2D eigenvalue weighted by Gasteiger charge is 2.05. The lowest BCUT2D eigenvalue weighted by atomic mass is 10.2. The lowest BCUT2D eigenvalue weighted by molar-refractivity contribution is 0.272. The Hall–Kier alpha value is -2.08. The first-order chi connectivity index (χ1) is 10.8. The van der Waals surface area contributed by atoms with Crippen LogP contribution in [0.1, 0.15) is 32.3 Å². The molecule has 0 spiro atoms. The Morgan fingerprint density at radius 1 is 1.27 bits per heavy atom. The summed E-state index contributed by atoms with van der Waals surface area (Å²) < 4.78 is 11.4. The summed E-state index contributed by atoms with van der Waals surface area (Å²) in [7, 11) is 0. The molecule has 118 valence electrons. The lowest BCUT2D eigenvalue weighted by Crippen LogP contribution is -2.01. The minimum Gasteiger partial charge on any atom is -0.490 e. The number of hydrogen-bond acceptors (Lipinski definition) is 6. The van der Waals surface area contributed by atoms with Crippen LogP contribution < -0.4 is 14.9 Å². The number of thiazole rings is 1. The van der Waals surface area contributed by atoms with Crippen LogP contribution in [0.5, 0.6) is 11.5 Å². The van der Waals surface area contributed by atoms with Gasteiger partial charge in [-0.15, -0.1) is 11.3 Å². The van der Waals surface area contributed by atoms with Gasteiger partial charge in [-0.1, -0.05) is 13.3 Å². The first-order valence-electron chi connectivity index (χ1n) is 7.41. The maximum Gasteiger partial charge on any atom is 0.203 e. The Balaban J connectivity index is 2.02. The number of nitrogens with one attached hydrogen (secondary N) is 1. The molecule has 0 saturated carbocycles. The molecular weight excluding hydrogens is 298 g/mol. The smallest absolute Gasteiger partial charge is 0.203 e. The van der Waals surface area contributed by atoms with E-state index in [2.05, 4.69) is 22.4 Å². The number of aromatic nitrogens is 1. The fourth-order valence-electron chi connectivity index (χ4n) is 1.76. The van der Waals surface area contributed by atoms with Crippen LogP contribution in [0.25, 0.3) is 0 Å². The second-order valence-electron chi connectivity index (χ2n) is 4.55. The van der Waals surface area contributed by atoms with Crippen molar-refractivity contribution >= 4 is 22.7 Å². The summed E-state index contributed by atoms with van der Waals surface area (Å²) in [5, 5.41) is 6.83. The highest BCUT2D eigenvalue weighted by atomic mass is 32.1. The summed E-state index contributed by atoms with van der Waals surface area (Å²) in [5.41, 5.74) is 3.83. The van der Waals surface area contributed by atoms with Gasteiger partial charge in [0.15, 0.2) is 11.5 Å². The third-order valence-electron chi connectivity index (χ3n) is 2.83. The zero-order valence-corrected chi connectivity index (χ0v) is 13.7. The molecule has 0 fully saturated rings. The largest absolute Gasteiger partial charge is 0.490 e. The van der Waals surface area contributed by atoms with Gasteiger partial charge in [-0.25, -0.2) is 4.98 Å². The Morgan fingerprint density at radius 2 is 2.18 bits per heavy atom. The third-order valence-corrected chi connectivity index (χ3v) is 3.51. The Morgan fingerprint density at radius 3 is 2.91 bits per heavy atom. The fraction of sp³-hybridized carbons (Fsp3) is 0.375. The van der Waals surface area contributed by atoms with Gasteiger partial charge >= 0.3 is 0 Å². The normalized spacial score (nSPS) is 10.8. The average Bonchev–Trinajstić information content (AvgIpc) is 3.03. The molecule has 0 unspecified atom stereocenters. The number of hydrazone groups is 1. The van der Waals surface area contributed by atoms with E-state index in [9.17, 15) is 0 Å². The van der Waals surface area contributed by atoms with Gasteiger partial charge < -0.3 is 9.47 Å². The van der Waals surface area contributed by atoms with Crippen LogP contribution in [-0.2, 0) is 0 Å². The molecule has 1 aromatic carbocycles. The van der Waals surface area contributed by atoms with E-state index in [1.54, 1.807) is 12.4 Å². The fourth-order valence-corrected chi connectivity index (χ4v) is 2.24. The van der Waals surface area contributed by atoms with Crippen molar-refractivity contribution in [1.82, 2.24) is 4.98 Å². The molecule has 0 aliphatic rings. The zero-order chi connectivity index (χ0) is 15.6. The molecule has 0 bridgehead atoms. The number of rotatable bonds is 9. The van der Waals surface area contributed by atoms with Crippen LogP contribution >= 0.6 is 11.3 Å². The van der Waals surface area contributed by atoms with Crippen molar-refractivity contribution in [2.75, 3.05) is 18.6 Å². The van der Waals surface area contributed by atoms with Gasteiger partial charge in [0.25, 0.3) is 0 Å². The van der Waals surface area contributed by atoms with Crippen LogP contribution in [0.2, 0.25) is 0 Å². The Bertz CT molecular complexity index is 585.